The van der Waals surface area contributed by atoms with Gasteiger partial charge in [-0.15, -0.1) is 0 Å². The van der Waals surface area contributed by atoms with Gasteiger partial charge in [-0.3, -0.25) is 9.59 Å². The molecule has 1 heterocycles. The number of rotatable bonds is 4. The number of amides is 2. The van der Waals surface area contributed by atoms with Crippen LogP contribution in [0.5, 0.6) is 0 Å². The molecule has 0 saturated carbocycles. The van der Waals surface area contributed by atoms with Gasteiger partial charge in [-0.05, 0) is 47.7 Å². The number of carbonyl (C=O) groups is 2. The van der Waals surface area contributed by atoms with Gasteiger partial charge in [0, 0.05) is 37.3 Å². The van der Waals surface area contributed by atoms with Crippen LogP contribution in [0.15, 0.2) is 48.5 Å². The van der Waals surface area contributed by atoms with Gasteiger partial charge in [0.05, 0.1) is 0 Å². The SMILES string of the molecule is CCc1ccc(C(=O)N2CCN(C(=O)c3ccc(C(C)C)cc3)CC2)cc1. The van der Waals surface area contributed by atoms with E-state index in [4.69, 9.17) is 0 Å². The highest BCUT2D eigenvalue weighted by Gasteiger charge is 2.25. The van der Waals surface area contributed by atoms with Crippen LogP contribution < -0.4 is 0 Å². The average Bonchev–Trinajstić information content (AvgIpc) is 2.73. The molecule has 1 aliphatic rings. The molecular weight excluding hydrogens is 336 g/mol. The van der Waals surface area contributed by atoms with Gasteiger partial charge in [0.15, 0.2) is 0 Å². The van der Waals surface area contributed by atoms with Gasteiger partial charge in [0.25, 0.3) is 11.8 Å². The fourth-order valence-corrected chi connectivity index (χ4v) is 3.37. The van der Waals surface area contributed by atoms with Crippen LogP contribution in [0.1, 0.15) is 58.5 Å². The molecule has 4 heteroatoms. The highest BCUT2D eigenvalue weighted by molar-refractivity contribution is 5.96. The molecule has 0 spiro atoms. The van der Waals surface area contributed by atoms with Gasteiger partial charge in [-0.2, -0.15) is 0 Å². The van der Waals surface area contributed by atoms with Crippen LogP contribution in [0.4, 0.5) is 0 Å². The summed E-state index contributed by atoms with van der Waals surface area (Å²) in [6, 6.07) is 15.7. The Balaban J connectivity index is 1.59. The molecule has 1 aliphatic heterocycles. The predicted octanol–water partition coefficient (Wildman–Crippen LogP) is 3.97. The summed E-state index contributed by atoms with van der Waals surface area (Å²) in [6.07, 6.45) is 0.966. The van der Waals surface area contributed by atoms with E-state index in [0.29, 0.717) is 37.7 Å². The van der Waals surface area contributed by atoms with Crippen molar-refractivity contribution in [3.05, 3.63) is 70.8 Å². The monoisotopic (exact) mass is 364 g/mol. The molecule has 0 bridgehead atoms. The molecule has 0 atom stereocenters. The van der Waals surface area contributed by atoms with Crippen LogP contribution in [0.2, 0.25) is 0 Å². The maximum absolute atomic E-state index is 12.7. The Morgan fingerprint density at radius 2 is 1.19 bits per heavy atom. The molecule has 142 valence electrons. The van der Waals surface area contributed by atoms with Gasteiger partial charge < -0.3 is 9.80 Å². The number of nitrogens with zero attached hydrogens (tertiary/aromatic N) is 2. The number of hydrogen-bond donors (Lipinski definition) is 0. The first kappa shape index (κ1) is 19.2. The molecule has 2 amide bonds. The molecule has 0 aliphatic carbocycles. The van der Waals surface area contributed by atoms with Crippen molar-refractivity contribution in [3.8, 4) is 0 Å². The van der Waals surface area contributed by atoms with E-state index in [9.17, 15) is 9.59 Å². The minimum absolute atomic E-state index is 0.0460. The van der Waals surface area contributed by atoms with Crippen LogP contribution in [0.3, 0.4) is 0 Å². The van der Waals surface area contributed by atoms with Crippen LogP contribution in [0, 0.1) is 0 Å². The Bertz CT molecular complexity index is 786. The maximum atomic E-state index is 12.7. The molecule has 3 rings (SSSR count). The fourth-order valence-electron chi connectivity index (χ4n) is 3.37. The van der Waals surface area contributed by atoms with Gasteiger partial charge in [-0.1, -0.05) is 45.0 Å². The van der Waals surface area contributed by atoms with E-state index >= 15 is 0 Å². The zero-order valence-corrected chi connectivity index (χ0v) is 16.4. The molecule has 1 saturated heterocycles. The molecule has 4 nitrogen and oxygen atoms in total. The highest BCUT2D eigenvalue weighted by atomic mass is 16.2. The number of piperazine rings is 1. The second-order valence-corrected chi connectivity index (χ2v) is 7.41. The van der Waals surface area contributed by atoms with E-state index in [0.717, 1.165) is 12.0 Å². The molecule has 2 aromatic rings. The Morgan fingerprint density at radius 3 is 1.56 bits per heavy atom. The van der Waals surface area contributed by atoms with Crippen molar-refractivity contribution < 1.29 is 9.59 Å². The van der Waals surface area contributed by atoms with E-state index in [1.165, 1.54) is 11.1 Å². The molecule has 0 aromatic heterocycles. The molecule has 0 N–H and O–H groups in total. The first-order chi connectivity index (χ1) is 13.0. The molecule has 0 radical (unpaired) electrons. The maximum Gasteiger partial charge on any atom is 0.253 e. The third-order valence-corrected chi connectivity index (χ3v) is 5.29. The number of hydrogen-bond acceptors (Lipinski definition) is 2. The Morgan fingerprint density at radius 1 is 0.778 bits per heavy atom. The standard InChI is InChI=1S/C23H28N2O2/c1-4-18-5-7-20(8-6-18)22(26)24-13-15-25(16-14-24)23(27)21-11-9-19(10-12-21)17(2)3/h5-12,17H,4,13-16H2,1-3H3. The molecular formula is C23H28N2O2. The molecule has 0 unspecified atom stereocenters. The van der Waals surface area contributed by atoms with Crippen LogP contribution >= 0.6 is 0 Å². The van der Waals surface area contributed by atoms with Crippen molar-refractivity contribution in [3.63, 3.8) is 0 Å². The van der Waals surface area contributed by atoms with E-state index < -0.39 is 0 Å². The zero-order valence-electron chi connectivity index (χ0n) is 16.4. The quantitative estimate of drug-likeness (QED) is 0.824. The lowest BCUT2D eigenvalue weighted by molar-refractivity contribution is 0.0535. The van der Waals surface area contributed by atoms with Crippen molar-refractivity contribution in [2.45, 2.75) is 33.1 Å². The van der Waals surface area contributed by atoms with E-state index in [1.54, 1.807) is 0 Å². The minimum atomic E-state index is 0.0460. The third kappa shape index (κ3) is 4.38. The summed E-state index contributed by atoms with van der Waals surface area (Å²) in [4.78, 5) is 29.1. The van der Waals surface area contributed by atoms with Crippen LogP contribution in [-0.4, -0.2) is 47.8 Å². The van der Waals surface area contributed by atoms with E-state index in [1.807, 2.05) is 58.3 Å². The molecule has 1 fully saturated rings. The second-order valence-electron chi connectivity index (χ2n) is 7.41. The predicted molar refractivity (Wildman–Crippen MR) is 108 cm³/mol. The lowest BCUT2D eigenvalue weighted by Gasteiger charge is -2.35. The van der Waals surface area contributed by atoms with Crippen molar-refractivity contribution in [1.29, 1.82) is 0 Å². The van der Waals surface area contributed by atoms with E-state index in [-0.39, 0.29) is 11.8 Å². The lowest BCUT2D eigenvalue weighted by atomic mass is 10.0. The smallest absolute Gasteiger partial charge is 0.253 e. The first-order valence-electron chi connectivity index (χ1n) is 9.77. The molecule has 2 aromatic carbocycles. The summed E-state index contributed by atoms with van der Waals surface area (Å²) in [5, 5.41) is 0. The van der Waals surface area contributed by atoms with Crippen molar-refractivity contribution in [2.24, 2.45) is 0 Å². The van der Waals surface area contributed by atoms with Crippen molar-refractivity contribution in [2.75, 3.05) is 26.2 Å². The lowest BCUT2D eigenvalue weighted by Crippen LogP contribution is -2.50. The summed E-state index contributed by atoms with van der Waals surface area (Å²) in [6.45, 7) is 8.68. The van der Waals surface area contributed by atoms with Crippen molar-refractivity contribution in [1.82, 2.24) is 9.80 Å². The van der Waals surface area contributed by atoms with Gasteiger partial charge in [0.1, 0.15) is 0 Å². The number of aryl methyl sites for hydroxylation is 1. The largest absolute Gasteiger partial charge is 0.335 e. The second kappa shape index (κ2) is 8.38. The van der Waals surface area contributed by atoms with Gasteiger partial charge >= 0.3 is 0 Å². The Labute approximate surface area is 161 Å². The number of benzene rings is 2. The summed E-state index contributed by atoms with van der Waals surface area (Å²) >= 11 is 0. The summed E-state index contributed by atoms with van der Waals surface area (Å²) in [5.41, 5.74) is 3.90. The van der Waals surface area contributed by atoms with Crippen LogP contribution in [0.25, 0.3) is 0 Å². The Hall–Kier alpha value is -2.62. The third-order valence-electron chi connectivity index (χ3n) is 5.29. The average molecular weight is 364 g/mol. The first-order valence-corrected chi connectivity index (χ1v) is 9.77. The summed E-state index contributed by atoms with van der Waals surface area (Å²) in [5.74, 6) is 0.547. The van der Waals surface area contributed by atoms with Crippen LogP contribution in [-0.2, 0) is 6.42 Å². The van der Waals surface area contributed by atoms with Gasteiger partial charge in [-0.25, -0.2) is 0 Å². The van der Waals surface area contributed by atoms with Crippen molar-refractivity contribution >= 4 is 11.8 Å². The van der Waals surface area contributed by atoms with Gasteiger partial charge in [0.2, 0.25) is 0 Å². The zero-order chi connectivity index (χ0) is 19.4. The highest BCUT2D eigenvalue weighted by Crippen LogP contribution is 2.17. The Kier molecular flexibility index (Phi) is 5.94. The molecule has 27 heavy (non-hydrogen) atoms. The fraction of sp³-hybridized carbons (Fsp3) is 0.391. The number of carbonyl (C=O) groups excluding carboxylic acids is 2. The summed E-state index contributed by atoms with van der Waals surface area (Å²) < 4.78 is 0. The summed E-state index contributed by atoms with van der Waals surface area (Å²) in [7, 11) is 0. The normalized spacial score (nSPS) is 14.5. The van der Waals surface area contributed by atoms with E-state index in [2.05, 4.69) is 20.8 Å². The topological polar surface area (TPSA) is 40.6 Å². The minimum Gasteiger partial charge on any atom is -0.335 e.